The third kappa shape index (κ3) is 3.76. The number of hydrogen-bond acceptors (Lipinski definition) is 5. The second-order valence-electron chi connectivity index (χ2n) is 6.55. The molecule has 5 nitrogen and oxygen atoms in total. The maximum absolute atomic E-state index is 12.9. The Bertz CT molecular complexity index is 950. The van der Waals surface area contributed by atoms with E-state index in [9.17, 15) is 4.79 Å². The maximum atomic E-state index is 12.9. The van der Waals surface area contributed by atoms with Gasteiger partial charge in [-0.3, -0.25) is 4.79 Å². The maximum Gasteiger partial charge on any atom is 0.254 e. The van der Waals surface area contributed by atoms with E-state index in [1.54, 1.807) is 18.0 Å². The van der Waals surface area contributed by atoms with Gasteiger partial charge < -0.3 is 9.64 Å². The van der Waals surface area contributed by atoms with Crippen LogP contribution in [0.3, 0.4) is 0 Å². The molecule has 0 spiro atoms. The Hall–Kier alpha value is -2.60. The molecule has 1 aliphatic rings. The van der Waals surface area contributed by atoms with Crippen molar-refractivity contribution in [3.63, 3.8) is 0 Å². The molecule has 0 saturated carbocycles. The normalized spacial score (nSPS) is 15.1. The van der Waals surface area contributed by atoms with Crippen molar-refractivity contribution in [2.75, 3.05) is 19.3 Å². The minimum atomic E-state index is 0.0463. The summed E-state index contributed by atoms with van der Waals surface area (Å²) >= 11 is 1.60. The Morgan fingerprint density at radius 1 is 1.11 bits per heavy atom. The number of ether oxygens (including phenoxy) is 1. The molecule has 0 atom stereocenters. The van der Waals surface area contributed by atoms with Crippen LogP contribution in [0.15, 0.2) is 59.6 Å². The lowest BCUT2D eigenvalue weighted by Crippen LogP contribution is -2.42. The summed E-state index contributed by atoms with van der Waals surface area (Å²) in [6.45, 7) is 1.37. The molecule has 0 unspecified atom stereocenters. The van der Waals surface area contributed by atoms with Crippen molar-refractivity contribution in [2.24, 2.45) is 0 Å². The van der Waals surface area contributed by atoms with Crippen LogP contribution in [0.25, 0.3) is 10.8 Å². The van der Waals surface area contributed by atoms with Gasteiger partial charge >= 0.3 is 0 Å². The molecule has 0 radical (unpaired) electrons. The summed E-state index contributed by atoms with van der Waals surface area (Å²) in [7, 11) is 0. The molecule has 1 amide bonds. The molecule has 1 aliphatic heterocycles. The van der Waals surface area contributed by atoms with Gasteiger partial charge in [-0.25, -0.2) is 0 Å². The van der Waals surface area contributed by atoms with Crippen molar-refractivity contribution in [3.05, 3.63) is 60.3 Å². The number of carbonyl (C=O) groups is 1. The summed E-state index contributed by atoms with van der Waals surface area (Å²) in [5.74, 6) is 0.675. The molecule has 6 heteroatoms. The smallest absolute Gasteiger partial charge is 0.254 e. The fraction of sp³-hybridized carbons (Fsp3) is 0.286. The molecule has 0 bridgehead atoms. The zero-order valence-corrected chi connectivity index (χ0v) is 16.0. The molecule has 1 fully saturated rings. The third-order valence-corrected chi connectivity index (χ3v) is 5.68. The molecule has 2 aromatic carbocycles. The summed E-state index contributed by atoms with van der Waals surface area (Å²) < 4.78 is 6.13. The number of fused-ring (bicyclic) bond motifs is 1. The average Bonchev–Trinajstić information content (AvgIpc) is 2.74. The largest absolute Gasteiger partial charge is 0.473 e. The van der Waals surface area contributed by atoms with Crippen LogP contribution in [0.5, 0.6) is 5.88 Å². The molecular formula is C21H21N3O2S. The molecule has 1 aromatic heterocycles. The molecular weight excluding hydrogens is 358 g/mol. The first-order valence-electron chi connectivity index (χ1n) is 9.05. The number of benzene rings is 2. The van der Waals surface area contributed by atoms with Gasteiger partial charge in [0, 0.05) is 41.6 Å². The Balaban J connectivity index is 1.42. The van der Waals surface area contributed by atoms with Crippen molar-refractivity contribution in [1.82, 2.24) is 15.1 Å². The van der Waals surface area contributed by atoms with Crippen molar-refractivity contribution < 1.29 is 9.53 Å². The van der Waals surface area contributed by atoms with Gasteiger partial charge in [0.2, 0.25) is 5.88 Å². The average molecular weight is 379 g/mol. The fourth-order valence-electron chi connectivity index (χ4n) is 3.42. The van der Waals surface area contributed by atoms with E-state index in [0.29, 0.717) is 19.0 Å². The lowest BCUT2D eigenvalue weighted by molar-refractivity contribution is 0.0586. The van der Waals surface area contributed by atoms with Gasteiger partial charge in [0.1, 0.15) is 6.10 Å². The third-order valence-electron chi connectivity index (χ3n) is 4.88. The summed E-state index contributed by atoms with van der Waals surface area (Å²) in [4.78, 5) is 15.8. The van der Waals surface area contributed by atoms with Crippen LogP contribution >= 0.6 is 11.8 Å². The Morgan fingerprint density at radius 2 is 1.85 bits per heavy atom. The van der Waals surface area contributed by atoms with E-state index in [1.807, 2.05) is 59.7 Å². The second kappa shape index (κ2) is 7.96. The van der Waals surface area contributed by atoms with Crippen molar-refractivity contribution >= 4 is 28.4 Å². The van der Waals surface area contributed by atoms with Gasteiger partial charge in [-0.05, 0) is 24.5 Å². The highest BCUT2D eigenvalue weighted by molar-refractivity contribution is 7.98. The van der Waals surface area contributed by atoms with E-state index in [1.165, 1.54) is 0 Å². The number of rotatable bonds is 4. The van der Waals surface area contributed by atoms with E-state index in [2.05, 4.69) is 10.2 Å². The lowest BCUT2D eigenvalue weighted by Gasteiger charge is -2.32. The van der Waals surface area contributed by atoms with Crippen LogP contribution in [0.4, 0.5) is 0 Å². The molecule has 1 saturated heterocycles. The van der Waals surface area contributed by atoms with Gasteiger partial charge in [-0.15, -0.1) is 16.9 Å². The zero-order chi connectivity index (χ0) is 18.6. The second-order valence-corrected chi connectivity index (χ2v) is 7.39. The van der Waals surface area contributed by atoms with E-state index in [0.717, 1.165) is 34.1 Å². The van der Waals surface area contributed by atoms with Crippen molar-refractivity contribution in [2.45, 2.75) is 23.8 Å². The number of thioether (sulfide) groups is 1. The van der Waals surface area contributed by atoms with Crippen LogP contribution in [-0.2, 0) is 0 Å². The fourth-order valence-corrected chi connectivity index (χ4v) is 4.00. The minimum absolute atomic E-state index is 0.0463. The SMILES string of the molecule is CSc1ccccc1C(=O)N1CCC(Oc2nncc3ccccc23)CC1. The Labute approximate surface area is 162 Å². The highest BCUT2D eigenvalue weighted by Gasteiger charge is 2.26. The van der Waals surface area contributed by atoms with Gasteiger partial charge in [0.05, 0.1) is 11.8 Å². The minimum Gasteiger partial charge on any atom is -0.473 e. The summed E-state index contributed by atoms with van der Waals surface area (Å²) in [6, 6.07) is 15.7. The van der Waals surface area contributed by atoms with Crippen LogP contribution in [0, 0.1) is 0 Å². The Kier molecular flexibility index (Phi) is 5.25. The lowest BCUT2D eigenvalue weighted by atomic mass is 10.1. The van der Waals surface area contributed by atoms with E-state index in [4.69, 9.17) is 4.74 Å². The molecule has 4 rings (SSSR count). The molecule has 2 heterocycles. The molecule has 27 heavy (non-hydrogen) atoms. The number of aromatic nitrogens is 2. The van der Waals surface area contributed by atoms with Crippen LogP contribution < -0.4 is 4.74 Å². The van der Waals surface area contributed by atoms with E-state index >= 15 is 0 Å². The highest BCUT2D eigenvalue weighted by atomic mass is 32.2. The molecule has 138 valence electrons. The van der Waals surface area contributed by atoms with Crippen molar-refractivity contribution in [1.29, 1.82) is 0 Å². The van der Waals surface area contributed by atoms with E-state index in [-0.39, 0.29) is 12.0 Å². The van der Waals surface area contributed by atoms with Gasteiger partial charge in [-0.2, -0.15) is 5.10 Å². The van der Waals surface area contributed by atoms with Crippen molar-refractivity contribution in [3.8, 4) is 5.88 Å². The monoisotopic (exact) mass is 379 g/mol. The summed E-state index contributed by atoms with van der Waals surface area (Å²) in [5.41, 5.74) is 0.782. The van der Waals surface area contributed by atoms with Crippen LogP contribution in [-0.4, -0.2) is 46.5 Å². The first kappa shape index (κ1) is 17.8. The number of carbonyl (C=O) groups excluding carboxylic acids is 1. The zero-order valence-electron chi connectivity index (χ0n) is 15.2. The highest BCUT2D eigenvalue weighted by Crippen LogP contribution is 2.26. The van der Waals surface area contributed by atoms with E-state index < -0.39 is 0 Å². The predicted octanol–water partition coefficient (Wildman–Crippen LogP) is 4.04. The Morgan fingerprint density at radius 3 is 2.67 bits per heavy atom. The summed E-state index contributed by atoms with van der Waals surface area (Å²) in [5, 5.41) is 10.2. The number of nitrogens with zero attached hydrogens (tertiary/aromatic N) is 3. The standard InChI is InChI=1S/C21H21N3O2S/c1-27-19-9-5-4-8-18(19)21(25)24-12-10-16(11-13-24)26-20-17-7-3-2-6-15(17)14-22-23-20/h2-9,14,16H,10-13H2,1H3. The van der Waals surface area contributed by atoms with Gasteiger partial charge in [0.15, 0.2) is 0 Å². The number of piperidine rings is 1. The first-order chi connectivity index (χ1) is 13.3. The van der Waals surface area contributed by atoms with Gasteiger partial charge in [-0.1, -0.05) is 30.3 Å². The number of amides is 1. The van der Waals surface area contributed by atoms with Crippen LogP contribution in [0.2, 0.25) is 0 Å². The number of hydrogen-bond donors (Lipinski definition) is 0. The molecule has 3 aromatic rings. The topological polar surface area (TPSA) is 55.3 Å². The van der Waals surface area contributed by atoms with Gasteiger partial charge in [0.25, 0.3) is 5.91 Å². The quantitative estimate of drug-likeness (QED) is 0.641. The molecule has 0 N–H and O–H groups in total. The number of likely N-dealkylation sites (tertiary alicyclic amines) is 1. The first-order valence-corrected chi connectivity index (χ1v) is 10.3. The molecule has 0 aliphatic carbocycles. The van der Waals surface area contributed by atoms with Crippen LogP contribution in [0.1, 0.15) is 23.2 Å². The summed E-state index contributed by atoms with van der Waals surface area (Å²) in [6.07, 6.45) is 5.37. The predicted molar refractivity (Wildman–Crippen MR) is 107 cm³/mol.